The summed E-state index contributed by atoms with van der Waals surface area (Å²) in [6, 6.07) is 7.34. The number of nitrogens with zero attached hydrogens (tertiary/aromatic N) is 1. The van der Waals surface area contributed by atoms with E-state index in [2.05, 4.69) is 10.6 Å². The lowest BCUT2D eigenvalue weighted by Crippen LogP contribution is -2.46. The van der Waals surface area contributed by atoms with Gasteiger partial charge in [-0.05, 0) is 36.8 Å². The molecule has 0 saturated carbocycles. The summed E-state index contributed by atoms with van der Waals surface area (Å²) in [5.74, 6) is 0.729. The van der Waals surface area contributed by atoms with Crippen LogP contribution in [-0.2, 0) is 4.79 Å². The maximum Gasteiger partial charge on any atom is 0.253 e. The fourth-order valence-electron chi connectivity index (χ4n) is 2.26. The molecule has 0 aliphatic carbocycles. The van der Waals surface area contributed by atoms with Crippen LogP contribution in [0, 0.1) is 0 Å². The van der Waals surface area contributed by atoms with Crippen molar-refractivity contribution in [3.05, 3.63) is 41.1 Å². The molecule has 21 heavy (non-hydrogen) atoms. The highest BCUT2D eigenvalue weighted by Crippen LogP contribution is 2.28. The second-order valence-electron chi connectivity index (χ2n) is 5.04. The first-order valence-electron chi connectivity index (χ1n) is 6.58. The number of thiocarbonyl (C=S) groups is 1. The van der Waals surface area contributed by atoms with Gasteiger partial charge in [0.2, 0.25) is 0 Å². The van der Waals surface area contributed by atoms with Crippen molar-refractivity contribution in [2.24, 2.45) is 0 Å². The third-order valence-corrected chi connectivity index (χ3v) is 3.57. The van der Waals surface area contributed by atoms with Crippen molar-refractivity contribution in [3.63, 3.8) is 0 Å². The molecule has 0 bridgehead atoms. The zero-order chi connectivity index (χ0) is 15.6. The summed E-state index contributed by atoms with van der Waals surface area (Å²) in [6.45, 7) is 1.86. The second kappa shape index (κ2) is 6.13. The van der Waals surface area contributed by atoms with Crippen molar-refractivity contribution in [1.82, 2.24) is 15.5 Å². The van der Waals surface area contributed by atoms with Crippen molar-refractivity contribution in [1.29, 1.82) is 0 Å². The Morgan fingerprint density at radius 1 is 1.29 bits per heavy atom. The van der Waals surface area contributed by atoms with Crippen molar-refractivity contribution in [3.8, 4) is 5.75 Å². The molecular weight excluding hydrogens is 286 g/mol. The predicted octanol–water partition coefficient (Wildman–Crippen LogP) is 1.58. The summed E-state index contributed by atoms with van der Waals surface area (Å²) in [7, 11) is 5.10. The Morgan fingerprint density at radius 2 is 1.90 bits per heavy atom. The van der Waals surface area contributed by atoms with Gasteiger partial charge >= 0.3 is 0 Å². The molecule has 1 aliphatic rings. The molecule has 2 N–H and O–H groups in total. The van der Waals surface area contributed by atoms with Gasteiger partial charge in [0.25, 0.3) is 5.91 Å². The van der Waals surface area contributed by atoms with Crippen LogP contribution in [-0.4, -0.2) is 37.1 Å². The van der Waals surface area contributed by atoms with Crippen molar-refractivity contribution in [2.45, 2.75) is 13.0 Å². The van der Waals surface area contributed by atoms with Crippen LogP contribution in [0.2, 0.25) is 0 Å². The van der Waals surface area contributed by atoms with Crippen LogP contribution in [0.4, 0.5) is 0 Å². The molecule has 0 saturated heterocycles. The number of carbonyl (C=O) groups excluding carboxylic acids is 1. The molecule has 1 aliphatic heterocycles. The number of nitrogens with one attached hydrogen (secondary N) is 2. The van der Waals surface area contributed by atoms with E-state index in [4.69, 9.17) is 17.0 Å². The summed E-state index contributed by atoms with van der Waals surface area (Å²) in [4.78, 5) is 14.0. The summed E-state index contributed by atoms with van der Waals surface area (Å²) in [5.41, 5.74) is 2.40. The SMILES string of the molecule is COc1ccc([C@@H]2NC(=S)NC(C)=C2C(=O)N(C)C)cc1. The normalized spacial score (nSPS) is 17.9. The average molecular weight is 305 g/mol. The van der Waals surface area contributed by atoms with Crippen molar-refractivity contribution in [2.75, 3.05) is 21.2 Å². The van der Waals surface area contributed by atoms with E-state index >= 15 is 0 Å². The molecule has 112 valence electrons. The highest BCUT2D eigenvalue weighted by atomic mass is 32.1. The summed E-state index contributed by atoms with van der Waals surface area (Å²) >= 11 is 5.21. The van der Waals surface area contributed by atoms with Crippen molar-refractivity contribution < 1.29 is 9.53 Å². The third-order valence-electron chi connectivity index (χ3n) is 3.35. The molecule has 0 unspecified atom stereocenters. The van der Waals surface area contributed by atoms with E-state index in [9.17, 15) is 4.79 Å². The number of amides is 1. The predicted molar refractivity (Wildman–Crippen MR) is 86.0 cm³/mol. The number of carbonyl (C=O) groups is 1. The first-order valence-corrected chi connectivity index (χ1v) is 6.98. The minimum absolute atomic E-state index is 0.0455. The molecule has 1 heterocycles. The van der Waals surface area contributed by atoms with Gasteiger partial charge in [0.15, 0.2) is 5.11 Å². The fraction of sp³-hybridized carbons (Fsp3) is 0.333. The van der Waals surface area contributed by atoms with Crippen LogP contribution in [0.5, 0.6) is 5.75 Å². The van der Waals surface area contributed by atoms with E-state index in [0.29, 0.717) is 10.7 Å². The highest BCUT2D eigenvalue weighted by molar-refractivity contribution is 7.80. The summed E-state index contributed by atoms with van der Waals surface area (Å²) < 4.78 is 5.17. The van der Waals surface area contributed by atoms with E-state index in [1.54, 1.807) is 26.1 Å². The average Bonchev–Trinajstić information content (AvgIpc) is 2.46. The van der Waals surface area contributed by atoms with Gasteiger partial charge in [-0.25, -0.2) is 0 Å². The zero-order valence-electron chi connectivity index (χ0n) is 12.6. The first-order chi connectivity index (χ1) is 9.93. The Morgan fingerprint density at radius 3 is 2.43 bits per heavy atom. The van der Waals surface area contributed by atoms with Gasteiger partial charge in [0.05, 0.1) is 18.7 Å². The Kier molecular flexibility index (Phi) is 4.47. The number of rotatable bonds is 3. The maximum atomic E-state index is 12.4. The maximum absolute atomic E-state index is 12.4. The lowest BCUT2D eigenvalue weighted by Gasteiger charge is -2.31. The topological polar surface area (TPSA) is 53.6 Å². The third kappa shape index (κ3) is 3.16. The number of ether oxygens (including phenoxy) is 1. The molecule has 1 amide bonds. The van der Waals surface area contributed by atoms with Gasteiger partial charge in [-0.3, -0.25) is 4.79 Å². The van der Waals surface area contributed by atoms with E-state index in [0.717, 1.165) is 17.0 Å². The Bertz CT molecular complexity index is 593. The van der Waals surface area contributed by atoms with Gasteiger partial charge in [-0.1, -0.05) is 12.1 Å². The molecule has 1 aromatic carbocycles. The standard InChI is InChI=1S/C15H19N3O2S/c1-9-12(14(19)18(2)3)13(17-15(21)16-9)10-5-7-11(20-4)8-6-10/h5-8,13H,1-4H3,(H2,16,17,21)/t13-/m0/s1. The molecule has 5 nitrogen and oxygen atoms in total. The smallest absolute Gasteiger partial charge is 0.253 e. The van der Waals surface area contributed by atoms with Crippen LogP contribution in [0.15, 0.2) is 35.5 Å². The van der Waals surface area contributed by atoms with E-state index < -0.39 is 0 Å². The molecular formula is C15H19N3O2S. The Balaban J connectivity index is 2.44. The minimum Gasteiger partial charge on any atom is -0.497 e. The van der Waals surface area contributed by atoms with Gasteiger partial charge in [0, 0.05) is 19.8 Å². The lowest BCUT2D eigenvalue weighted by molar-refractivity contribution is -0.125. The number of allylic oxidation sites excluding steroid dienone is 1. The minimum atomic E-state index is -0.264. The Labute approximate surface area is 130 Å². The van der Waals surface area contributed by atoms with Gasteiger partial charge in [0.1, 0.15) is 5.75 Å². The molecule has 1 aromatic rings. The molecule has 0 spiro atoms. The highest BCUT2D eigenvalue weighted by Gasteiger charge is 2.30. The van der Waals surface area contributed by atoms with Crippen LogP contribution in [0.25, 0.3) is 0 Å². The molecule has 0 radical (unpaired) electrons. The molecule has 2 rings (SSSR count). The van der Waals surface area contributed by atoms with Crippen molar-refractivity contribution >= 4 is 23.2 Å². The summed E-state index contributed by atoms with van der Waals surface area (Å²) in [5, 5.41) is 6.69. The van der Waals surface area contributed by atoms with E-state index in [-0.39, 0.29) is 11.9 Å². The summed E-state index contributed by atoms with van der Waals surface area (Å²) in [6.07, 6.45) is 0. The molecule has 6 heteroatoms. The van der Waals surface area contributed by atoms with Crippen LogP contribution in [0.1, 0.15) is 18.5 Å². The monoisotopic (exact) mass is 305 g/mol. The van der Waals surface area contributed by atoms with Gasteiger partial charge in [-0.2, -0.15) is 0 Å². The number of hydrogen-bond donors (Lipinski definition) is 2. The van der Waals surface area contributed by atoms with Crippen LogP contribution >= 0.6 is 12.2 Å². The molecule has 0 aromatic heterocycles. The van der Waals surface area contributed by atoms with E-state index in [1.807, 2.05) is 31.2 Å². The number of likely N-dealkylation sites (N-methyl/N-ethyl adjacent to an activating group) is 1. The second-order valence-corrected chi connectivity index (χ2v) is 5.45. The van der Waals surface area contributed by atoms with Crippen LogP contribution < -0.4 is 15.4 Å². The largest absolute Gasteiger partial charge is 0.497 e. The fourth-order valence-corrected chi connectivity index (χ4v) is 2.54. The van der Waals surface area contributed by atoms with E-state index in [1.165, 1.54) is 0 Å². The van der Waals surface area contributed by atoms with Gasteiger partial charge < -0.3 is 20.3 Å². The number of methoxy groups -OCH3 is 1. The molecule has 0 fully saturated rings. The quantitative estimate of drug-likeness (QED) is 0.830. The molecule has 1 atom stereocenters. The first kappa shape index (κ1) is 15.3. The zero-order valence-corrected chi connectivity index (χ0v) is 13.4. The Hall–Kier alpha value is -2.08. The van der Waals surface area contributed by atoms with Crippen LogP contribution in [0.3, 0.4) is 0 Å². The number of benzene rings is 1. The van der Waals surface area contributed by atoms with Gasteiger partial charge in [-0.15, -0.1) is 0 Å². The number of hydrogen-bond acceptors (Lipinski definition) is 3. The lowest BCUT2D eigenvalue weighted by atomic mass is 9.94.